The maximum Gasteiger partial charge on any atom is 0.290 e. The standard InChI is InChI=1S/C12H18ClN3O/c1-9-3-2-4-12(7-9,8-13)16-10-11(17)15-6-5-14-10/h5-6,9H,2-4,7-8H2,1H3,(H,14,16)(H,15,17). The highest BCUT2D eigenvalue weighted by Gasteiger charge is 2.34. The summed E-state index contributed by atoms with van der Waals surface area (Å²) in [5.41, 5.74) is -0.365. The summed E-state index contributed by atoms with van der Waals surface area (Å²) in [4.78, 5) is 18.3. The molecule has 1 aliphatic carbocycles. The van der Waals surface area contributed by atoms with Gasteiger partial charge in [0.2, 0.25) is 0 Å². The van der Waals surface area contributed by atoms with Gasteiger partial charge < -0.3 is 10.3 Å². The van der Waals surface area contributed by atoms with Crippen molar-refractivity contribution in [2.24, 2.45) is 5.92 Å². The van der Waals surface area contributed by atoms with Crippen LogP contribution in [0.4, 0.5) is 5.82 Å². The summed E-state index contributed by atoms with van der Waals surface area (Å²) in [6.07, 6.45) is 7.48. The first-order valence-electron chi connectivity index (χ1n) is 6.03. The molecule has 1 aromatic heterocycles. The molecular formula is C12H18ClN3O. The molecule has 0 amide bonds. The lowest BCUT2D eigenvalue weighted by atomic mass is 9.77. The van der Waals surface area contributed by atoms with Gasteiger partial charge in [-0.15, -0.1) is 11.6 Å². The van der Waals surface area contributed by atoms with Crippen LogP contribution < -0.4 is 10.9 Å². The smallest absolute Gasteiger partial charge is 0.290 e. The Labute approximate surface area is 106 Å². The van der Waals surface area contributed by atoms with Crippen LogP contribution in [0.1, 0.15) is 32.6 Å². The van der Waals surface area contributed by atoms with Crippen LogP contribution in [0.25, 0.3) is 0 Å². The van der Waals surface area contributed by atoms with Crippen molar-refractivity contribution in [3.8, 4) is 0 Å². The average molecular weight is 256 g/mol. The van der Waals surface area contributed by atoms with E-state index in [1.807, 2.05) is 0 Å². The molecule has 0 aromatic carbocycles. The van der Waals surface area contributed by atoms with Crippen molar-refractivity contribution < 1.29 is 0 Å². The molecule has 0 bridgehead atoms. The molecule has 1 aromatic rings. The number of hydrogen-bond donors (Lipinski definition) is 2. The molecule has 2 N–H and O–H groups in total. The van der Waals surface area contributed by atoms with Crippen molar-refractivity contribution in [1.82, 2.24) is 9.97 Å². The third-order valence-electron chi connectivity index (χ3n) is 3.44. The Morgan fingerprint density at radius 3 is 3.18 bits per heavy atom. The van der Waals surface area contributed by atoms with E-state index in [0.29, 0.717) is 17.6 Å². The van der Waals surface area contributed by atoms with Gasteiger partial charge >= 0.3 is 0 Å². The summed E-state index contributed by atoms with van der Waals surface area (Å²) in [7, 11) is 0. The third kappa shape index (κ3) is 2.80. The minimum absolute atomic E-state index is 0.180. The molecule has 94 valence electrons. The predicted octanol–water partition coefficient (Wildman–Crippen LogP) is 2.37. The molecule has 0 spiro atoms. The van der Waals surface area contributed by atoms with Crippen molar-refractivity contribution >= 4 is 17.4 Å². The summed E-state index contributed by atoms with van der Waals surface area (Å²) in [5.74, 6) is 1.52. The van der Waals surface area contributed by atoms with Crippen LogP contribution in [0.3, 0.4) is 0 Å². The van der Waals surface area contributed by atoms with Gasteiger partial charge in [0.25, 0.3) is 5.56 Å². The predicted molar refractivity (Wildman–Crippen MR) is 69.6 cm³/mol. The highest BCUT2D eigenvalue weighted by Crippen LogP contribution is 2.34. The minimum Gasteiger partial charge on any atom is -0.359 e. The molecule has 4 nitrogen and oxygen atoms in total. The van der Waals surface area contributed by atoms with E-state index in [9.17, 15) is 4.79 Å². The molecule has 1 heterocycles. The van der Waals surface area contributed by atoms with Crippen molar-refractivity contribution in [3.05, 3.63) is 22.7 Å². The van der Waals surface area contributed by atoms with Crippen molar-refractivity contribution in [2.75, 3.05) is 11.2 Å². The SMILES string of the molecule is CC1CCCC(CCl)(Nc2ncc[nH]c2=O)C1. The van der Waals surface area contributed by atoms with E-state index in [2.05, 4.69) is 22.2 Å². The minimum atomic E-state index is -0.185. The van der Waals surface area contributed by atoms with E-state index < -0.39 is 0 Å². The number of hydrogen-bond acceptors (Lipinski definition) is 3. The number of anilines is 1. The van der Waals surface area contributed by atoms with Gasteiger partial charge in [0.05, 0.1) is 5.54 Å². The quantitative estimate of drug-likeness (QED) is 0.816. The summed E-state index contributed by atoms with van der Waals surface area (Å²) in [6, 6.07) is 0. The van der Waals surface area contributed by atoms with Gasteiger partial charge in [-0.1, -0.05) is 19.8 Å². The molecule has 0 aliphatic heterocycles. The number of halogens is 1. The Hall–Kier alpha value is -1.03. The number of rotatable bonds is 3. The van der Waals surface area contributed by atoms with Gasteiger partial charge in [0, 0.05) is 18.3 Å². The first-order valence-corrected chi connectivity index (χ1v) is 6.56. The van der Waals surface area contributed by atoms with Crippen molar-refractivity contribution in [1.29, 1.82) is 0 Å². The fourth-order valence-electron chi connectivity index (χ4n) is 2.62. The monoisotopic (exact) mass is 255 g/mol. The number of nitrogens with zero attached hydrogens (tertiary/aromatic N) is 1. The molecule has 0 radical (unpaired) electrons. The molecule has 1 saturated carbocycles. The fourth-order valence-corrected chi connectivity index (χ4v) is 2.93. The van der Waals surface area contributed by atoms with E-state index in [0.717, 1.165) is 19.3 Å². The van der Waals surface area contributed by atoms with E-state index >= 15 is 0 Å². The zero-order valence-electron chi connectivity index (χ0n) is 10.0. The number of aromatic amines is 1. The second-order valence-electron chi connectivity index (χ2n) is 5.01. The lowest BCUT2D eigenvalue weighted by molar-refractivity contribution is 0.279. The van der Waals surface area contributed by atoms with Crippen LogP contribution in [0, 0.1) is 5.92 Å². The van der Waals surface area contributed by atoms with E-state index in [4.69, 9.17) is 11.6 Å². The molecule has 2 rings (SSSR count). The number of H-pyrrole nitrogens is 1. The maximum atomic E-state index is 11.6. The maximum absolute atomic E-state index is 11.6. The Morgan fingerprint density at radius 1 is 1.71 bits per heavy atom. The summed E-state index contributed by atoms with van der Waals surface area (Å²) >= 11 is 6.10. The van der Waals surface area contributed by atoms with Crippen molar-refractivity contribution in [3.63, 3.8) is 0 Å². The van der Waals surface area contributed by atoms with E-state index in [1.165, 1.54) is 12.6 Å². The molecule has 17 heavy (non-hydrogen) atoms. The second kappa shape index (κ2) is 5.08. The topological polar surface area (TPSA) is 57.8 Å². The Kier molecular flexibility index (Phi) is 3.72. The zero-order valence-corrected chi connectivity index (χ0v) is 10.8. The first-order chi connectivity index (χ1) is 8.15. The van der Waals surface area contributed by atoms with Crippen LogP contribution in [0.2, 0.25) is 0 Å². The Balaban J connectivity index is 2.20. The van der Waals surface area contributed by atoms with Gasteiger partial charge in [-0.05, 0) is 18.8 Å². The van der Waals surface area contributed by atoms with Gasteiger partial charge in [0.15, 0.2) is 5.82 Å². The second-order valence-corrected chi connectivity index (χ2v) is 5.27. The van der Waals surface area contributed by atoms with Crippen LogP contribution >= 0.6 is 11.6 Å². The van der Waals surface area contributed by atoms with Crippen molar-refractivity contribution in [2.45, 2.75) is 38.1 Å². The van der Waals surface area contributed by atoms with Crippen LogP contribution in [0.15, 0.2) is 17.2 Å². The zero-order chi connectivity index (χ0) is 12.3. The van der Waals surface area contributed by atoms with Crippen LogP contribution in [-0.2, 0) is 0 Å². The Morgan fingerprint density at radius 2 is 2.53 bits per heavy atom. The third-order valence-corrected chi connectivity index (χ3v) is 3.95. The number of aromatic nitrogens is 2. The molecule has 2 unspecified atom stereocenters. The molecule has 2 atom stereocenters. The van der Waals surface area contributed by atoms with Crippen LogP contribution in [-0.4, -0.2) is 21.4 Å². The van der Waals surface area contributed by atoms with Gasteiger partial charge in [-0.3, -0.25) is 4.79 Å². The highest BCUT2D eigenvalue weighted by molar-refractivity contribution is 6.18. The summed E-state index contributed by atoms with van der Waals surface area (Å²) < 4.78 is 0. The molecular weight excluding hydrogens is 238 g/mol. The summed E-state index contributed by atoms with van der Waals surface area (Å²) in [5, 5.41) is 3.26. The normalized spacial score (nSPS) is 28.9. The van der Waals surface area contributed by atoms with Gasteiger partial charge in [-0.2, -0.15) is 0 Å². The molecule has 0 saturated heterocycles. The molecule has 1 aliphatic rings. The first kappa shape index (κ1) is 12.4. The van der Waals surface area contributed by atoms with E-state index in [-0.39, 0.29) is 11.1 Å². The number of nitrogens with one attached hydrogen (secondary N) is 2. The van der Waals surface area contributed by atoms with E-state index in [1.54, 1.807) is 6.20 Å². The van der Waals surface area contributed by atoms with Crippen LogP contribution in [0.5, 0.6) is 0 Å². The molecule has 5 heteroatoms. The summed E-state index contributed by atoms with van der Waals surface area (Å²) in [6.45, 7) is 2.23. The fraction of sp³-hybridized carbons (Fsp3) is 0.667. The number of alkyl halides is 1. The van der Waals surface area contributed by atoms with Gasteiger partial charge in [0.1, 0.15) is 0 Å². The average Bonchev–Trinajstić information content (AvgIpc) is 2.32. The van der Waals surface area contributed by atoms with Gasteiger partial charge in [-0.25, -0.2) is 4.98 Å². The largest absolute Gasteiger partial charge is 0.359 e. The lowest BCUT2D eigenvalue weighted by Gasteiger charge is -2.39. The Bertz CT molecular complexity index is 434. The lowest BCUT2D eigenvalue weighted by Crippen LogP contribution is -2.45. The highest BCUT2D eigenvalue weighted by atomic mass is 35.5. The molecule has 1 fully saturated rings.